The van der Waals surface area contributed by atoms with Gasteiger partial charge in [-0.25, -0.2) is 0 Å². The first-order chi connectivity index (χ1) is 8.63. The molecule has 0 aromatic rings. The van der Waals surface area contributed by atoms with Crippen molar-refractivity contribution in [1.82, 2.24) is 10.2 Å². The lowest BCUT2D eigenvalue weighted by Gasteiger charge is -2.22. The Hall–Kier alpha value is -0.0800. The van der Waals surface area contributed by atoms with Crippen LogP contribution in [-0.2, 0) is 0 Å². The molecule has 1 N–H and O–H groups in total. The van der Waals surface area contributed by atoms with Gasteiger partial charge in [-0.3, -0.25) is 0 Å². The first-order valence-corrected chi connectivity index (χ1v) is 8.09. The van der Waals surface area contributed by atoms with E-state index in [0.29, 0.717) is 6.04 Å². The molecule has 2 nitrogen and oxygen atoms in total. The standard InChI is InChI=1S/C16H34N2/c1-5-7-15(4)17-10-13-18-11-6-8-16(9-12-18)14(2)3/h14-17H,5-13H2,1-4H3. The van der Waals surface area contributed by atoms with Gasteiger partial charge in [-0.1, -0.05) is 27.2 Å². The SMILES string of the molecule is CCCC(C)NCCN1CCCC(C(C)C)CC1. The normalized spacial score (nSPS) is 24.2. The van der Waals surface area contributed by atoms with Crippen LogP contribution >= 0.6 is 0 Å². The van der Waals surface area contributed by atoms with Gasteiger partial charge in [0.1, 0.15) is 0 Å². The van der Waals surface area contributed by atoms with E-state index in [2.05, 4.69) is 37.9 Å². The van der Waals surface area contributed by atoms with E-state index in [1.165, 1.54) is 51.7 Å². The van der Waals surface area contributed by atoms with E-state index in [0.717, 1.165) is 18.4 Å². The maximum absolute atomic E-state index is 3.64. The first-order valence-electron chi connectivity index (χ1n) is 8.09. The van der Waals surface area contributed by atoms with Crippen LogP contribution in [0.15, 0.2) is 0 Å². The number of rotatable bonds is 7. The summed E-state index contributed by atoms with van der Waals surface area (Å²) in [6.07, 6.45) is 6.83. The van der Waals surface area contributed by atoms with Crippen LogP contribution < -0.4 is 5.32 Å². The summed E-state index contributed by atoms with van der Waals surface area (Å²) in [4.78, 5) is 2.66. The average Bonchev–Trinajstić information content (AvgIpc) is 2.55. The van der Waals surface area contributed by atoms with Crippen LogP contribution in [0.5, 0.6) is 0 Å². The van der Waals surface area contributed by atoms with Crippen molar-refractivity contribution >= 4 is 0 Å². The number of hydrogen-bond acceptors (Lipinski definition) is 2. The van der Waals surface area contributed by atoms with Crippen molar-refractivity contribution in [3.05, 3.63) is 0 Å². The molecule has 0 amide bonds. The second-order valence-corrected chi connectivity index (χ2v) is 6.42. The van der Waals surface area contributed by atoms with Crippen LogP contribution in [-0.4, -0.2) is 37.1 Å². The van der Waals surface area contributed by atoms with E-state index < -0.39 is 0 Å². The van der Waals surface area contributed by atoms with Crippen molar-refractivity contribution in [1.29, 1.82) is 0 Å². The summed E-state index contributed by atoms with van der Waals surface area (Å²) < 4.78 is 0. The topological polar surface area (TPSA) is 15.3 Å². The summed E-state index contributed by atoms with van der Waals surface area (Å²) in [6.45, 7) is 14.4. The van der Waals surface area contributed by atoms with Gasteiger partial charge in [0.15, 0.2) is 0 Å². The Morgan fingerprint density at radius 1 is 1.17 bits per heavy atom. The second-order valence-electron chi connectivity index (χ2n) is 6.42. The number of hydrogen-bond donors (Lipinski definition) is 1. The zero-order valence-corrected chi connectivity index (χ0v) is 13.0. The molecule has 1 aliphatic rings. The lowest BCUT2D eigenvalue weighted by molar-refractivity contribution is 0.267. The zero-order chi connectivity index (χ0) is 13.4. The molecule has 0 saturated carbocycles. The van der Waals surface area contributed by atoms with Gasteiger partial charge >= 0.3 is 0 Å². The minimum absolute atomic E-state index is 0.686. The number of nitrogens with one attached hydrogen (secondary N) is 1. The lowest BCUT2D eigenvalue weighted by atomic mass is 9.89. The molecule has 2 unspecified atom stereocenters. The van der Waals surface area contributed by atoms with Gasteiger partial charge in [-0.05, 0) is 57.5 Å². The van der Waals surface area contributed by atoms with E-state index in [4.69, 9.17) is 0 Å². The highest BCUT2D eigenvalue weighted by Gasteiger charge is 2.19. The van der Waals surface area contributed by atoms with Crippen LogP contribution in [0, 0.1) is 11.8 Å². The minimum Gasteiger partial charge on any atom is -0.313 e. The Kier molecular flexibility index (Phi) is 7.92. The predicted octanol–water partition coefficient (Wildman–Crippen LogP) is 3.52. The first kappa shape index (κ1) is 16.0. The Morgan fingerprint density at radius 3 is 2.61 bits per heavy atom. The van der Waals surface area contributed by atoms with Crippen molar-refractivity contribution in [2.75, 3.05) is 26.2 Å². The van der Waals surface area contributed by atoms with Gasteiger partial charge in [0.25, 0.3) is 0 Å². The molecule has 1 aliphatic heterocycles. The van der Waals surface area contributed by atoms with Gasteiger partial charge in [0.05, 0.1) is 0 Å². The highest BCUT2D eigenvalue weighted by molar-refractivity contribution is 4.73. The van der Waals surface area contributed by atoms with E-state index in [9.17, 15) is 0 Å². The monoisotopic (exact) mass is 254 g/mol. The van der Waals surface area contributed by atoms with E-state index in [-0.39, 0.29) is 0 Å². The van der Waals surface area contributed by atoms with Gasteiger partial charge in [-0.2, -0.15) is 0 Å². The molecular formula is C16H34N2. The molecule has 0 bridgehead atoms. The van der Waals surface area contributed by atoms with Crippen LogP contribution in [0.2, 0.25) is 0 Å². The summed E-state index contributed by atoms with van der Waals surface area (Å²) in [6, 6.07) is 0.686. The molecule has 108 valence electrons. The molecule has 0 spiro atoms. The van der Waals surface area contributed by atoms with Crippen LogP contribution in [0.1, 0.15) is 59.8 Å². The Labute approximate surface area is 115 Å². The summed E-state index contributed by atoms with van der Waals surface area (Å²) in [7, 11) is 0. The molecule has 2 heteroatoms. The molecule has 0 aliphatic carbocycles. The summed E-state index contributed by atoms with van der Waals surface area (Å²) >= 11 is 0. The maximum atomic E-state index is 3.64. The summed E-state index contributed by atoms with van der Waals surface area (Å²) in [5.41, 5.74) is 0. The van der Waals surface area contributed by atoms with Gasteiger partial charge in [-0.15, -0.1) is 0 Å². The van der Waals surface area contributed by atoms with E-state index in [1.807, 2.05) is 0 Å². The lowest BCUT2D eigenvalue weighted by Crippen LogP contribution is -2.36. The molecule has 1 saturated heterocycles. The smallest absolute Gasteiger partial charge is 0.0107 e. The molecule has 0 aromatic heterocycles. The Morgan fingerprint density at radius 2 is 1.94 bits per heavy atom. The average molecular weight is 254 g/mol. The van der Waals surface area contributed by atoms with Gasteiger partial charge in [0.2, 0.25) is 0 Å². The van der Waals surface area contributed by atoms with Crippen LogP contribution in [0.25, 0.3) is 0 Å². The molecule has 0 radical (unpaired) electrons. The molecular weight excluding hydrogens is 220 g/mol. The van der Waals surface area contributed by atoms with Gasteiger partial charge < -0.3 is 10.2 Å². The van der Waals surface area contributed by atoms with Crippen LogP contribution in [0.3, 0.4) is 0 Å². The fraction of sp³-hybridized carbons (Fsp3) is 1.00. The molecule has 1 rings (SSSR count). The van der Waals surface area contributed by atoms with Crippen molar-refractivity contribution < 1.29 is 0 Å². The number of nitrogens with zero attached hydrogens (tertiary/aromatic N) is 1. The highest BCUT2D eigenvalue weighted by atomic mass is 15.1. The summed E-state index contributed by atoms with van der Waals surface area (Å²) in [5, 5.41) is 3.64. The summed E-state index contributed by atoms with van der Waals surface area (Å²) in [5.74, 6) is 1.83. The van der Waals surface area contributed by atoms with Gasteiger partial charge in [0, 0.05) is 19.1 Å². The minimum atomic E-state index is 0.686. The third-order valence-electron chi connectivity index (χ3n) is 4.45. The molecule has 1 fully saturated rings. The second kappa shape index (κ2) is 8.92. The molecule has 0 aromatic carbocycles. The number of likely N-dealkylation sites (tertiary alicyclic amines) is 1. The largest absolute Gasteiger partial charge is 0.313 e. The van der Waals surface area contributed by atoms with E-state index >= 15 is 0 Å². The third-order valence-corrected chi connectivity index (χ3v) is 4.45. The van der Waals surface area contributed by atoms with E-state index in [1.54, 1.807) is 0 Å². The van der Waals surface area contributed by atoms with Crippen molar-refractivity contribution in [3.63, 3.8) is 0 Å². The zero-order valence-electron chi connectivity index (χ0n) is 13.0. The Bertz CT molecular complexity index is 203. The Balaban J connectivity index is 2.15. The van der Waals surface area contributed by atoms with Crippen LogP contribution in [0.4, 0.5) is 0 Å². The molecule has 18 heavy (non-hydrogen) atoms. The molecule has 2 atom stereocenters. The fourth-order valence-electron chi connectivity index (χ4n) is 3.08. The fourth-order valence-corrected chi connectivity index (χ4v) is 3.08. The highest BCUT2D eigenvalue weighted by Crippen LogP contribution is 2.24. The quantitative estimate of drug-likeness (QED) is 0.748. The molecule has 1 heterocycles. The third kappa shape index (κ3) is 6.19. The predicted molar refractivity (Wildman–Crippen MR) is 81.0 cm³/mol. The van der Waals surface area contributed by atoms with Crippen molar-refractivity contribution in [3.8, 4) is 0 Å². The van der Waals surface area contributed by atoms with Crippen molar-refractivity contribution in [2.24, 2.45) is 11.8 Å². The maximum Gasteiger partial charge on any atom is 0.0107 e. The van der Waals surface area contributed by atoms with Crippen molar-refractivity contribution in [2.45, 2.75) is 65.8 Å².